The Morgan fingerprint density at radius 1 is 0.875 bits per heavy atom. The molecule has 2 bridgehead atoms. The molecule has 0 heterocycles. The second kappa shape index (κ2) is 7.53. The number of fused-ring (bicyclic) bond motifs is 2. The van der Waals surface area contributed by atoms with Crippen LogP contribution in [0.25, 0.3) is 0 Å². The Kier molecular flexibility index (Phi) is 5.41. The number of carbonyl (C=O) groups excluding carboxylic acids is 2. The molecule has 0 aliphatic heterocycles. The quantitative estimate of drug-likeness (QED) is 0.671. The first-order chi connectivity index (χ1) is 11.6. The molecule has 6 nitrogen and oxygen atoms in total. The largest absolute Gasteiger partial charge is 0.481 e. The number of carboxylic acids is 1. The lowest BCUT2D eigenvalue weighted by Gasteiger charge is -2.27. The van der Waals surface area contributed by atoms with E-state index in [9.17, 15) is 19.5 Å². The third-order valence-electron chi connectivity index (χ3n) is 6.33. The Balaban J connectivity index is 1.43. The average Bonchev–Trinajstić information content (AvgIpc) is 3.20. The van der Waals surface area contributed by atoms with Crippen LogP contribution in [0.4, 0.5) is 0 Å². The number of aliphatic carboxylic acids is 1. The molecular formula is C18H28N2O4. The maximum absolute atomic E-state index is 12.4. The van der Waals surface area contributed by atoms with Gasteiger partial charge in [0.15, 0.2) is 0 Å². The molecule has 3 aliphatic carbocycles. The summed E-state index contributed by atoms with van der Waals surface area (Å²) in [4.78, 5) is 35.8. The molecule has 3 rings (SSSR count). The van der Waals surface area contributed by atoms with Crippen LogP contribution in [0.5, 0.6) is 0 Å². The molecular weight excluding hydrogens is 308 g/mol. The Morgan fingerprint density at radius 3 is 2.21 bits per heavy atom. The van der Waals surface area contributed by atoms with Gasteiger partial charge in [-0.2, -0.15) is 0 Å². The van der Waals surface area contributed by atoms with E-state index in [0.717, 1.165) is 25.7 Å². The van der Waals surface area contributed by atoms with Crippen molar-refractivity contribution >= 4 is 17.8 Å². The molecule has 4 atom stereocenters. The van der Waals surface area contributed by atoms with Crippen molar-refractivity contribution in [3.8, 4) is 0 Å². The number of carbonyl (C=O) groups is 3. The van der Waals surface area contributed by atoms with Crippen LogP contribution in [0, 0.1) is 29.6 Å². The molecule has 2 amide bonds. The van der Waals surface area contributed by atoms with Gasteiger partial charge in [0.2, 0.25) is 11.8 Å². The van der Waals surface area contributed by atoms with Gasteiger partial charge in [0.1, 0.15) is 0 Å². The maximum Gasteiger partial charge on any atom is 0.307 e. The van der Waals surface area contributed by atoms with Crippen molar-refractivity contribution in [1.82, 2.24) is 10.9 Å². The fourth-order valence-electron chi connectivity index (χ4n) is 5.11. The molecule has 0 spiro atoms. The summed E-state index contributed by atoms with van der Waals surface area (Å²) in [6.07, 6.45) is 10.1. The Hall–Kier alpha value is -1.59. The van der Waals surface area contributed by atoms with Crippen molar-refractivity contribution in [1.29, 1.82) is 0 Å². The predicted molar refractivity (Wildman–Crippen MR) is 87.5 cm³/mol. The molecule has 0 unspecified atom stereocenters. The fourth-order valence-corrected chi connectivity index (χ4v) is 5.11. The third kappa shape index (κ3) is 3.73. The van der Waals surface area contributed by atoms with Crippen LogP contribution in [-0.4, -0.2) is 22.9 Å². The number of hydrazine groups is 1. The minimum absolute atomic E-state index is 0.116. The van der Waals surface area contributed by atoms with E-state index in [4.69, 9.17) is 0 Å². The highest BCUT2D eigenvalue weighted by molar-refractivity contribution is 5.88. The molecule has 134 valence electrons. The van der Waals surface area contributed by atoms with Gasteiger partial charge >= 0.3 is 5.97 Å². The summed E-state index contributed by atoms with van der Waals surface area (Å²) in [5.41, 5.74) is 4.97. The lowest BCUT2D eigenvalue weighted by Crippen LogP contribution is -2.48. The van der Waals surface area contributed by atoms with Crippen LogP contribution >= 0.6 is 0 Å². The molecule has 0 aromatic rings. The number of hydrogen-bond donors (Lipinski definition) is 3. The van der Waals surface area contributed by atoms with Crippen LogP contribution in [0.1, 0.15) is 64.2 Å². The van der Waals surface area contributed by atoms with Gasteiger partial charge < -0.3 is 5.11 Å². The Labute approximate surface area is 142 Å². The van der Waals surface area contributed by atoms with Crippen LogP contribution in [-0.2, 0) is 14.4 Å². The molecule has 0 saturated heterocycles. The van der Waals surface area contributed by atoms with Gasteiger partial charge in [-0.05, 0) is 43.4 Å². The van der Waals surface area contributed by atoms with Gasteiger partial charge in [-0.1, -0.05) is 32.1 Å². The molecule has 3 saturated carbocycles. The highest BCUT2D eigenvalue weighted by atomic mass is 16.4. The van der Waals surface area contributed by atoms with Gasteiger partial charge in [0.05, 0.1) is 11.8 Å². The van der Waals surface area contributed by atoms with E-state index in [1.54, 1.807) is 0 Å². The average molecular weight is 336 g/mol. The van der Waals surface area contributed by atoms with Crippen molar-refractivity contribution in [3.63, 3.8) is 0 Å². The number of carboxylic acid groups (broad SMARTS) is 1. The number of amides is 2. The Bertz CT molecular complexity index is 501. The second-order valence-electron chi connectivity index (χ2n) is 7.80. The summed E-state index contributed by atoms with van der Waals surface area (Å²) in [7, 11) is 0. The number of nitrogens with one attached hydrogen (secondary N) is 2. The molecule has 0 aromatic heterocycles. The minimum Gasteiger partial charge on any atom is -0.481 e. The second-order valence-corrected chi connectivity index (χ2v) is 7.80. The van der Waals surface area contributed by atoms with Crippen LogP contribution in [0.15, 0.2) is 0 Å². The molecule has 3 fully saturated rings. The van der Waals surface area contributed by atoms with Gasteiger partial charge in [-0.25, -0.2) is 0 Å². The first-order valence-corrected chi connectivity index (χ1v) is 9.37. The Morgan fingerprint density at radius 2 is 1.54 bits per heavy atom. The van der Waals surface area contributed by atoms with Crippen molar-refractivity contribution in [2.45, 2.75) is 64.2 Å². The zero-order valence-electron chi connectivity index (χ0n) is 14.1. The smallest absolute Gasteiger partial charge is 0.307 e. The van der Waals surface area contributed by atoms with E-state index in [-0.39, 0.29) is 23.7 Å². The predicted octanol–water partition coefficient (Wildman–Crippen LogP) is 2.24. The topological polar surface area (TPSA) is 95.5 Å². The summed E-state index contributed by atoms with van der Waals surface area (Å²) in [6, 6.07) is 0. The monoisotopic (exact) mass is 336 g/mol. The lowest BCUT2D eigenvalue weighted by atomic mass is 9.79. The van der Waals surface area contributed by atoms with E-state index < -0.39 is 17.8 Å². The van der Waals surface area contributed by atoms with Gasteiger partial charge in [0.25, 0.3) is 0 Å². The molecule has 0 radical (unpaired) electrons. The van der Waals surface area contributed by atoms with E-state index in [2.05, 4.69) is 10.9 Å². The third-order valence-corrected chi connectivity index (χ3v) is 6.33. The van der Waals surface area contributed by atoms with Gasteiger partial charge in [-0.3, -0.25) is 25.2 Å². The summed E-state index contributed by atoms with van der Waals surface area (Å²) in [6.45, 7) is 0. The van der Waals surface area contributed by atoms with Crippen molar-refractivity contribution in [2.75, 3.05) is 0 Å². The normalized spacial score (nSPS) is 32.5. The van der Waals surface area contributed by atoms with E-state index in [1.807, 2.05) is 0 Å². The maximum atomic E-state index is 12.4. The fraction of sp³-hybridized carbons (Fsp3) is 0.833. The highest BCUT2D eigenvalue weighted by Gasteiger charge is 2.54. The van der Waals surface area contributed by atoms with Gasteiger partial charge in [0, 0.05) is 6.42 Å². The first-order valence-electron chi connectivity index (χ1n) is 9.37. The van der Waals surface area contributed by atoms with E-state index in [1.165, 1.54) is 32.1 Å². The molecule has 3 aliphatic rings. The minimum atomic E-state index is -0.883. The molecule has 0 aromatic carbocycles. The molecule has 3 N–H and O–H groups in total. The van der Waals surface area contributed by atoms with Crippen molar-refractivity contribution < 1.29 is 19.5 Å². The van der Waals surface area contributed by atoms with E-state index in [0.29, 0.717) is 12.3 Å². The van der Waals surface area contributed by atoms with Crippen LogP contribution in [0.3, 0.4) is 0 Å². The highest BCUT2D eigenvalue weighted by Crippen LogP contribution is 2.52. The summed E-state index contributed by atoms with van der Waals surface area (Å²) < 4.78 is 0. The van der Waals surface area contributed by atoms with Crippen molar-refractivity contribution in [2.24, 2.45) is 29.6 Å². The van der Waals surface area contributed by atoms with Crippen LogP contribution in [0.2, 0.25) is 0 Å². The molecule has 24 heavy (non-hydrogen) atoms. The summed E-state index contributed by atoms with van der Waals surface area (Å²) >= 11 is 0. The SMILES string of the molecule is O=C(CCC1CCCCC1)NNC(=O)[C@@H]1[C@H]2CC[C@@H](C2)[C@H]1C(=O)O. The zero-order chi connectivity index (χ0) is 17.1. The molecule has 6 heteroatoms. The van der Waals surface area contributed by atoms with Crippen LogP contribution < -0.4 is 10.9 Å². The number of rotatable bonds is 5. The summed E-state index contributed by atoms with van der Waals surface area (Å²) in [5.74, 6) is -1.60. The first kappa shape index (κ1) is 17.2. The van der Waals surface area contributed by atoms with Gasteiger partial charge in [-0.15, -0.1) is 0 Å². The van der Waals surface area contributed by atoms with Crippen molar-refractivity contribution in [3.05, 3.63) is 0 Å². The number of hydrogen-bond acceptors (Lipinski definition) is 3. The standard InChI is InChI=1S/C18H28N2O4/c21-14(9-6-11-4-2-1-3-5-11)19-20-17(22)15-12-7-8-13(10-12)16(15)18(23)24/h11-13,15-16H,1-10H2,(H,19,21)(H,20,22)(H,23,24)/t12-,13-,15+,16+/m0/s1. The lowest BCUT2D eigenvalue weighted by molar-refractivity contribution is -0.149. The van der Waals surface area contributed by atoms with E-state index >= 15 is 0 Å². The summed E-state index contributed by atoms with van der Waals surface area (Å²) in [5, 5.41) is 9.39. The zero-order valence-corrected chi connectivity index (χ0v) is 14.1.